The summed E-state index contributed by atoms with van der Waals surface area (Å²) in [5.41, 5.74) is -0.677. The van der Waals surface area contributed by atoms with Gasteiger partial charge in [0.1, 0.15) is 0 Å². The number of carboxylic acids is 2. The minimum Gasteiger partial charge on any atom is -0.481 e. The summed E-state index contributed by atoms with van der Waals surface area (Å²) in [6.45, 7) is 5.04. The summed E-state index contributed by atoms with van der Waals surface area (Å²) in [5.74, 6) is -3.15. The van der Waals surface area contributed by atoms with Crippen molar-refractivity contribution in [2.24, 2.45) is 11.3 Å². The molecule has 1 rings (SSSR count). The largest absolute Gasteiger partial charge is 0.481 e. The van der Waals surface area contributed by atoms with E-state index >= 15 is 0 Å². The van der Waals surface area contributed by atoms with Crippen LogP contribution in [0.5, 0.6) is 0 Å². The molecule has 0 aromatic carbocycles. The van der Waals surface area contributed by atoms with Crippen LogP contribution in [0.15, 0.2) is 24.3 Å². The summed E-state index contributed by atoms with van der Waals surface area (Å²) < 4.78 is 0. The molecule has 4 nitrogen and oxygen atoms in total. The van der Waals surface area contributed by atoms with Crippen LogP contribution in [-0.4, -0.2) is 22.2 Å². The number of carbonyl (C=O) groups is 2. The van der Waals surface area contributed by atoms with Crippen molar-refractivity contribution in [3.8, 4) is 0 Å². The van der Waals surface area contributed by atoms with Gasteiger partial charge >= 0.3 is 11.9 Å². The molecule has 2 N–H and O–H groups in total. The first-order chi connectivity index (χ1) is 6.38. The van der Waals surface area contributed by atoms with Crippen LogP contribution in [0.1, 0.15) is 13.3 Å². The summed E-state index contributed by atoms with van der Waals surface area (Å²) in [6.07, 6.45) is 3.17. The third-order valence-corrected chi connectivity index (χ3v) is 2.61. The van der Waals surface area contributed by atoms with Crippen LogP contribution in [0.3, 0.4) is 0 Å². The van der Waals surface area contributed by atoms with Crippen LogP contribution in [0.25, 0.3) is 0 Å². The molecule has 1 aliphatic rings. The van der Waals surface area contributed by atoms with E-state index in [2.05, 4.69) is 6.58 Å². The molecule has 4 heteroatoms. The van der Waals surface area contributed by atoms with Gasteiger partial charge in [0, 0.05) is 0 Å². The molecule has 0 fully saturated rings. The highest BCUT2D eigenvalue weighted by molar-refractivity contribution is 5.86. The highest BCUT2D eigenvalue weighted by Gasteiger charge is 2.45. The molecule has 14 heavy (non-hydrogen) atoms. The first-order valence-corrected chi connectivity index (χ1v) is 4.21. The van der Waals surface area contributed by atoms with Gasteiger partial charge in [-0.2, -0.15) is 0 Å². The van der Waals surface area contributed by atoms with Gasteiger partial charge in [0.2, 0.25) is 0 Å². The fourth-order valence-corrected chi connectivity index (χ4v) is 1.51. The average molecular weight is 196 g/mol. The number of hydrogen-bond donors (Lipinski definition) is 2. The fraction of sp³-hybridized carbons (Fsp3) is 0.400. The Labute approximate surface area is 81.6 Å². The maximum Gasteiger partial charge on any atom is 0.314 e. The highest BCUT2D eigenvalue weighted by Crippen LogP contribution is 2.38. The Balaban J connectivity index is 3.14. The molecular weight excluding hydrogens is 184 g/mol. The van der Waals surface area contributed by atoms with Crippen LogP contribution in [-0.2, 0) is 9.59 Å². The molecule has 0 aromatic rings. The monoisotopic (exact) mass is 196 g/mol. The number of rotatable bonds is 2. The van der Waals surface area contributed by atoms with E-state index in [-0.39, 0.29) is 6.42 Å². The lowest BCUT2D eigenvalue weighted by molar-refractivity contribution is -0.158. The Hall–Kier alpha value is -1.58. The van der Waals surface area contributed by atoms with Gasteiger partial charge in [-0.05, 0) is 13.3 Å². The SMILES string of the molecule is C=C1C=CC(C)(C(=O)O)C(C(=O)O)C1. The molecule has 2 atom stereocenters. The van der Waals surface area contributed by atoms with E-state index in [0.29, 0.717) is 5.57 Å². The second-order valence-corrected chi connectivity index (χ2v) is 3.67. The van der Waals surface area contributed by atoms with Crippen LogP contribution < -0.4 is 0 Å². The molecule has 0 amide bonds. The average Bonchev–Trinajstić information content (AvgIpc) is 2.08. The third kappa shape index (κ3) is 1.55. The van der Waals surface area contributed by atoms with Crippen molar-refractivity contribution in [1.29, 1.82) is 0 Å². The van der Waals surface area contributed by atoms with Gasteiger partial charge in [0.05, 0.1) is 11.3 Å². The van der Waals surface area contributed by atoms with Gasteiger partial charge in [-0.3, -0.25) is 9.59 Å². The molecule has 0 spiro atoms. The summed E-state index contributed by atoms with van der Waals surface area (Å²) in [7, 11) is 0. The lowest BCUT2D eigenvalue weighted by atomic mass is 9.70. The first-order valence-electron chi connectivity index (χ1n) is 4.21. The third-order valence-electron chi connectivity index (χ3n) is 2.61. The summed E-state index contributed by atoms with van der Waals surface area (Å²) in [5, 5.41) is 17.9. The molecule has 0 heterocycles. The van der Waals surface area contributed by atoms with Crippen molar-refractivity contribution in [2.75, 3.05) is 0 Å². The predicted molar refractivity (Wildman–Crippen MR) is 49.8 cm³/mol. The van der Waals surface area contributed by atoms with Gasteiger partial charge in [-0.1, -0.05) is 24.3 Å². The molecule has 76 valence electrons. The molecule has 0 saturated carbocycles. The van der Waals surface area contributed by atoms with Crippen molar-refractivity contribution in [3.05, 3.63) is 24.3 Å². The Morgan fingerprint density at radius 1 is 1.57 bits per heavy atom. The van der Waals surface area contributed by atoms with E-state index in [1.54, 1.807) is 6.08 Å². The molecule has 0 aliphatic heterocycles. The predicted octanol–water partition coefficient (Wildman–Crippen LogP) is 1.29. The number of allylic oxidation sites excluding steroid dienone is 2. The number of carboxylic acid groups (broad SMARTS) is 2. The standard InChI is InChI=1S/C10H12O4/c1-6-3-4-10(2,9(13)14)7(5-6)8(11)12/h3-4,7H,1,5H2,2H3,(H,11,12)(H,13,14). The lowest BCUT2D eigenvalue weighted by Crippen LogP contribution is -2.40. The smallest absolute Gasteiger partial charge is 0.314 e. The van der Waals surface area contributed by atoms with Gasteiger partial charge in [-0.25, -0.2) is 0 Å². The Bertz CT molecular complexity index is 329. The fourth-order valence-electron chi connectivity index (χ4n) is 1.51. The zero-order valence-corrected chi connectivity index (χ0v) is 7.86. The Morgan fingerprint density at radius 2 is 2.14 bits per heavy atom. The minimum atomic E-state index is -1.33. The maximum atomic E-state index is 11.0. The highest BCUT2D eigenvalue weighted by atomic mass is 16.4. The Morgan fingerprint density at radius 3 is 2.57 bits per heavy atom. The van der Waals surface area contributed by atoms with Gasteiger partial charge in [-0.15, -0.1) is 0 Å². The second-order valence-electron chi connectivity index (χ2n) is 3.67. The van der Waals surface area contributed by atoms with Crippen molar-refractivity contribution in [3.63, 3.8) is 0 Å². The van der Waals surface area contributed by atoms with Crippen molar-refractivity contribution in [1.82, 2.24) is 0 Å². The Kier molecular flexibility index (Phi) is 2.47. The van der Waals surface area contributed by atoms with Crippen molar-refractivity contribution in [2.45, 2.75) is 13.3 Å². The minimum absolute atomic E-state index is 0.189. The molecule has 0 saturated heterocycles. The molecular formula is C10H12O4. The van der Waals surface area contributed by atoms with Crippen molar-refractivity contribution >= 4 is 11.9 Å². The second kappa shape index (κ2) is 3.29. The molecule has 0 aromatic heterocycles. The summed E-state index contributed by atoms with van der Waals surface area (Å²) >= 11 is 0. The summed E-state index contributed by atoms with van der Waals surface area (Å²) in [6, 6.07) is 0. The van der Waals surface area contributed by atoms with E-state index in [4.69, 9.17) is 10.2 Å². The van der Waals surface area contributed by atoms with Gasteiger partial charge in [0.15, 0.2) is 0 Å². The van der Waals surface area contributed by atoms with Crippen LogP contribution in [0.2, 0.25) is 0 Å². The number of aliphatic carboxylic acids is 2. The molecule has 2 unspecified atom stereocenters. The topological polar surface area (TPSA) is 74.6 Å². The normalized spacial score (nSPS) is 31.5. The zero-order chi connectivity index (χ0) is 10.9. The van der Waals surface area contributed by atoms with Crippen LogP contribution in [0, 0.1) is 11.3 Å². The van der Waals surface area contributed by atoms with Crippen LogP contribution in [0.4, 0.5) is 0 Å². The molecule has 0 radical (unpaired) electrons. The molecule has 1 aliphatic carbocycles. The zero-order valence-electron chi connectivity index (χ0n) is 7.86. The van der Waals surface area contributed by atoms with E-state index in [1.165, 1.54) is 13.0 Å². The number of hydrogen-bond acceptors (Lipinski definition) is 2. The van der Waals surface area contributed by atoms with Gasteiger partial charge in [0.25, 0.3) is 0 Å². The van der Waals surface area contributed by atoms with E-state index in [0.717, 1.165) is 0 Å². The van der Waals surface area contributed by atoms with E-state index in [1.807, 2.05) is 0 Å². The lowest BCUT2D eigenvalue weighted by Gasteiger charge is -2.31. The first kappa shape index (κ1) is 10.5. The van der Waals surface area contributed by atoms with Crippen molar-refractivity contribution < 1.29 is 19.8 Å². The van der Waals surface area contributed by atoms with Crippen LogP contribution >= 0.6 is 0 Å². The van der Waals surface area contributed by atoms with Gasteiger partial charge < -0.3 is 10.2 Å². The van der Waals surface area contributed by atoms with E-state index < -0.39 is 23.3 Å². The van der Waals surface area contributed by atoms with E-state index in [9.17, 15) is 9.59 Å². The molecule has 0 bridgehead atoms. The quantitative estimate of drug-likeness (QED) is 0.697. The summed E-state index contributed by atoms with van der Waals surface area (Å²) in [4.78, 5) is 21.8. The maximum absolute atomic E-state index is 11.0.